The molecule has 3 rings (SSSR count). The van der Waals surface area contributed by atoms with Crippen LogP contribution in [0.4, 0.5) is 10.1 Å². The van der Waals surface area contributed by atoms with E-state index in [0.717, 1.165) is 11.6 Å². The highest BCUT2D eigenvalue weighted by Crippen LogP contribution is 2.23. The summed E-state index contributed by atoms with van der Waals surface area (Å²) in [5.41, 5.74) is 0.469. The lowest BCUT2D eigenvalue weighted by molar-refractivity contribution is -0.385. The Morgan fingerprint density at radius 1 is 1.18 bits per heavy atom. The highest BCUT2D eigenvalue weighted by molar-refractivity contribution is 7.89. The van der Waals surface area contributed by atoms with Gasteiger partial charge in [0, 0.05) is 37.8 Å². The Morgan fingerprint density at radius 2 is 1.86 bits per heavy atom. The summed E-state index contributed by atoms with van der Waals surface area (Å²) in [4.78, 5) is 12.1. The second-order valence-corrected chi connectivity index (χ2v) is 8.09. The van der Waals surface area contributed by atoms with Crippen LogP contribution >= 0.6 is 0 Å². The van der Waals surface area contributed by atoms with Gasteiger partial charge >= 0.3 is 0 Å². The predicted molar refractivity (Wildman–Crippen MR) is 99.8 cm³/mol. The average Bonchev–Trinajstić information content (AvgIpc) is 2.70. The molecule has 1 heterocycles. The van der Waals surface area contributed by atoms with E-state index in [1.54, 1.807) is 12.1 Å². The van der Waals surface area contributed by atoms with Gasteiger partial charge in [-0.05, 0) is 23.8 Å². The number of ether oxygens (including phenoxy) is 1. The molecule has 0 radical (unpaired) electrons. The van der Waals surface area contributed by atoms with Crippen LogP contribution in [0.5, 0.6) is 0 Å². The van der Waals surface area contributed by atoms with Gasteiger partial charge in [-0.2, -0.15) is 0 Å². The maximum Gasteiger partial charge on any atom is 0.270 e. The van der Waals surface area contributed by atoms with Gasteiger partial charge < -0.3 is 4.74 Å². The average molecular weight is 409 g/mol. The third-order valence-corrected chi connectivity index (χ3v) is 5.97. The Balaban J connectivity index is 1.81. The van der Waals surface area contributed by atoms with Crippen molar-refractivity contribution in [2.45, 2.75) is 10.9 Å². The van der Waals surface area contributed by atoms with Crippen LogP contribution in [0.25, 0.3) is 0 Å². The van der Waals surface area contributed by atoms with Crippen molar-refractivity contribution < 1.29 is 22.5 Å². The SMILES string of the molecule is O=[N+]([O-])c1cccc(S(=O)(=O)NC[C@@H](c2ccc(F)cc2)N2CCOCC2)c1. The lowest BCUT2D eigenvalue weighted by Gasteiger charge is -2.34. The number of nitro benzene ring substituents is 1. The Labute approximate surface area is 162 Å². The molecule has 1 saturated heterocycles. The molecule has 1 aliphatic rings. The van der Waals surface area contributed by atoms with E-state index >= 15 is 0 Å². The zero-order chi connectivity index (χ0) is 20.1. The topological polar surface area (TPSA) is 102 Å². The summed E-state index contributed by atoms with van der Waals surface area (Å²) >= 11 is 0. The van der Waals surface area contributed by atoms with Crippen molar-refractivity contribution in [3.63, 3.8) is 0 Å². The second kappa shape index (κ2) is 8.74. The van der Waals surface area contributed by atoms with E-state index in [1.807, 2.05) is 0 Å². The van der Waals surface area contributed by atoms with Crippen LogP contribution in [0.1, 0.15) is 11.6 Å². The molecule has 1 aliphatic heterocycles. The van der Waals surface area contributed by atoms with Crippen molar-refractivity contribution in [2.75, 3.05) is 32.8 Å². The maximum absolute atomic E-state index is 13.3. The van der Waals surface area contributed by atoms with Gasteiger partial charge in [0.05, 0.1) is 23.0 Å². The van der Waals surface area contributed by atoms with Crippen LogP contribution in [0.2, 0.25) is 0 Å². The summed E-state index contributed by atoms with van der Waals surface area (Å²) in [6, 6.07) is 10.5. The standard InChI is InChI=1S/C18H20FN3O5S/c19-15-6-4-14(5-7-15)18(21-8-10-27-11-9-21)13-20-28(25,26)17-3-1-2-16(12-17)22(23)24/h1-7,12,18,20H,8-11,13H2/t18-/m0/s1. The number of benzene rings is 2. The van der Waals surface area contributed by atoms with Crippen molar-refractivity contribution in [1.82, 2.24) is 9.62 Å². The number of nitrogens with zero attached hydrogens (tertiary/aromatic N) is 2. The van der Waals surface area contributed by atoms with Crippen molar-refractivity contribution in [1.29, 1.82) is 0 Å². The van der Waals surface area contributed by atoms with Crippen LogP contribution in [0.15, 0.2) is 53.4 Å². The molecule has 150 valence electrons. The molecule has 0 aromatic heterocycles. The summed E-state index contributed by atoms with van der Waals surface area (Å²) < 4.78 is 46.5. The monoisotopic (exact) mass is 409 g/mol. The summed E-state index contributed by atoms with van der Waals surface area (Å²) in [5.74, 6) is -0.373. The molecular formula is C18H20FN3O5S. The van der Waals surface area contributed by atoms with E-state index in [1.165, 1.54) is 30.3 Å². The van der Waals surface area contributed by atoms with Crippen LogP contribution in [-0.4, -0.2) is 51.1 Å². The van der Waals surface area contributed by atoms with E-state index in [4.69, 9.17) is 4.74 Å². The lowest BCUT2D eigenvalue weighted by Crippen LogP contribution is -2.43. The molecule has 1 N–H and O–H groups in total. The molecule has 0 amide bonds. The molecule has 2 aromatic rings. The largest absolute Gasteiger partial charge is 0.379 e. The number of hydrogen-bond acceptors (Lipinski definition) is 6. The molecule has 0 bridgehead atoms. The molecule has 0 aliphatic carbocycles. The highest BCUT2D eigenvalue weighted by Gasteiger charge is 2.25. The smallest absolute Gasteiger partial charge is 0.270 e. The summed E-state index contributed by atoms with van der Waals surface area (Å²) in [7, 11) is -3.95. The quantitative estimate of drug-likeness (QED) is 0.555. The Bertz CT molecular complexity index is 930. The first-order chi connectivity index (χ1) is 13.4. The van der Waals surface area contributed by atoms with Crippen LogP contribution < -0.4 is 4.72 Å². The van der Waals surface area contributed by atoms with Gasteiger partial charge in [-0.25, -0.2) is 17.5 Å². The molecular weight excluding hydrogens is 389 g/mol. The molecule has 0 spiro atoms. The minimum Gasteiger partial charge on any atom is -0.379 e. The van der Waals surface area contributed by atoms with Crippen LogP contribution in [0.3, 0.4) is 0 Å². The first-order valence-electron chi connectivity index (χ1n) is 8.68. The molecule has 1 fully saturated rings. The first-order valence-corrected chi connectivity index (χ1v) is 10.2. The second-order valence-electron chi connectivity index (χ2n) is 6.32. The van der Waals surface area contributed by atoms with Crippen molar-refractivity contribution in [3.8, 4) is 0 Å². The Kier molecular flexibility index (Phi) is 6.35. The van der Waals surface area contributed by atoms with Crippen LogP contribution in [-0.2, 0) is 14.8 Å². The highest BCUT2D eigenvalue weighted by atomic mass is 32.2. The van der Waals surface area contributed by atoms with E-state index in [-0.39, 0.29) is 29.0 Å². The molecule has 10 heteroatoms. The van der Waals surface area contributed by atoms with Gasteiger partial charge in [-0.3, -0.25) is 15.0 Å². The number of rotatable bonds is 7. The van der Waals surface area contributed by atoms with Gasteiger partial charge in [0.15, 0.2) is 0 Å². The van der Waals surface area contributed by atoms with Gasteiger partial charge in [-0.15, -0.1) is 0 Å². The number of hydrogen-bond donors (Lipinski definition) is 1. The van der Waals surface area contributed by atoms with Crippen molar-refractivity contribution >= 4 is 15.7 Å². The van der Waals surface area contributed by atoms with Gasteiger partial charge in [0.2, 0.25) is 10.0 Å². The van der Waals surface area contributed by atoms with Crippen molar-refractivity contribution in [3.05, 3.63) is 70.0 Å². The van der Waals surface area contributed by atoms with Gasteiger partial charge in [-0.1, -0.05) is 18.2 Å². The number of sulfonamides is 1. The summed E-state index contributed by atoms with van der Waals surface area (Å²) in [6.45, 7) is 2.31. The van der Waals surface area contributed by atoms with Gasteiger partial charge in [0.25, 0.3) is 5.69 Å². The fraction of sp³-hybridized carbons (Fsp3) is 0.333. The summed E-state index contributed by atoms with van der Waals surface area (Å²) in [5, 5.41) is 10.9. The number of morpholine rings is 1. The molecule has 1 atom stereocenters. The molecule has 0 unspecified atom stereocenters. The third kappa shape index (κ3) is 4.90. The Hall–Kier alpha value is -2.40. The molecule has 28 heavy (non-hydrogen) atoms. The van der Waals surface area contributed by atoms with E-state index < -0.39 is 14.9 Å². The van der Waals surface area contributed by atoms with Crippen molar-refractivity contribution in [2.24, 2.45) is 0 Å². The first kappa shape index (κ1) is 20.3. The number of non-ortho nitro benzene ring substituents is 1. The fourth-order valence-electron chi connectivity index (χ4n) is 3.07. The van der Waals surface area contributed by atoms with E-state index in [9.17, 15) is 22.9 Å². The number of nitro groups is 1. The zero-order valence-corrected chi connectivity index (χ0v) is 15.8. The zero-order valence-electron chi connectivity index (χ0n) is 15.0. The normalized spacial score (nSPS) is 16.6. The van der Waals surface area contributed by atoms with E-state index in [0.29, 0.717) is 26.3 Å². The molecule has 0 saturated carbocycles. The minimum atomic E-state index is -3.95. The number of halogens is 1. The minimum absolute atomic E-state index is 0.0384. The predicted octanol–water partition coefficient (Wildman–Crippen LogP) is 2.09. The summed E-state index contributed by atoms with van der Waals surface area (Å²) in [6.07, 6.45) is 0. The number of nitrogens with one attached hydrogen (secondary N) is 1. The van der Waals surface area contributed by atoms with Gasteiger partial charge in [0.1, 0.15) is 5.82 Å². The fourth-order valence-corrected chi connectivity index (χ4v) is 4.15. The Morgan fingerprint density at radius 3 is 2.50 bits per heavy atom. The van der Waals surface area contributed by atoms with Crippen LogP contribution in [0, 0.1) is 15.9 Å². The maximum atomic E-state index is 13.3. The van der Waals surface area contributed by atoms with E-state index in [2.05, 4.69) is 9.62 Å². The lowest BCUT2D eigenvalue weighted by atomic mass is 10.0. The molecule has 2 aromatic carbocycles. The molecule has 8 nitrogen and oxygen atoms in total. The third-order valence-electron chi connectivity index (χ3n) is 4.55.